The summed E-state index contributed by atoms with van der Waals surface area (Å²) in [5.74, 6) is 0.0954. The highest BCUT2D eigenvalue weighted by Crippen LogP contribution is 2.22. The molecule has 0 saturated carbocycles. The molecule has 5 nitrogen and oxygen atoms in total. The Balaban J connectivity index is 1.75. The van der Waals surface area contributed by atoms with Crippen LogP contribution in [0.2, 0.25) is 0 Å². The molecule has 0 spiro atoms. The van der Waals surface area contributed by atoms with E-state index in [1.54, 1.807) is 23.6 Å². The summed E-state index contributed by atoms with van der Waals surface area (Å²) >= 11 is 5.24. The number of ether oxygens (including phenoxy) is 1. The lowest BCUT2D eigenvalue weighted by Crippen LogP contribution is -2.20. The molecule has 3 rings (SSSR count). The van der Waals surface area contributed by atoms with Gasteiger partial charge in [0.1, 0.15) is 0 Å². The van der Waals surface area contributed by atoms with Crippen molar-refractivity contribution in [3.05, 3.63) is 56.6 Å². The lowest BCUT2D eigenvalue weighted by atomic mass is 10.1. The van der Waals surface area contributed by atoms with Crippen LogP contribution in [0.15, 0.2) is 40.4 Å². The van der Waals surface area contributed by atoms with Crippen molar-refractivity contribution in [2.45, 2.75) is 19.4 Å². The maximum absolute atomic E-state index is 11.8. The zero-order valence-electron chi connectivity index (χ0n) is 13.5. The number of rotatable bonds is 6. The van der Waals surface area contributed by atoms with E-state index in [4.69, 9.17) is 4.74 Å². The van der Waals surface area contributed by atoms with E-state index in [2.05, 4.69) is 50.7 Å². The van der Waals surface area contributed by atoms with Gasteiger partial charge in [-0.25, -0.2) is 9.78 Å². The summed E-state index contributed by atoms with van der Waals surface area (Å²) < 4.78 is 7.49. The third-order valence-electron chi connectivity index (χ3n) is 3.84. The molecule has 0 radical (unpaired) electrons. The van der Waals surface area contributed by atoms with Crippen LogP contribution in [0.4, 0.5) is 0 Å². The van der Waals surface area contributed by atoms with Gasteiger partial charge >= 0.3 is 5.97 Å². The van der Waals surface area contributed by atoms with Crippen LogP contribution < -0.4 is 5.32 Å². The number of pyridine rings is 1. The van der Waals surface area contributed by atoms with Gasteiger partial charge in [-0.15, -0.1) is 11.3 Å². The Morgan fingerprint density at radius 3 is 3.08 bits per heavy atom. The number of nitrogens with zero attached hydrogens (tertiary/aromatic N) is 2. The lowest BCUT2D eigenvalue weighted by Gasteiger charge is -2.11. The third-order valence-corrected chi connectivity index (χ3v) is 5.53. The van der Waals surface area contributed by atoms with Crippen molar-refractivity contribution >= 4 is 38.9 Å². The van der Waals surface area contributed by atoms with E-state index >= 15 is 0 Å². The summed E-state index contributed by atoms with van der Waals surface area (Å²) in [6.45, 7) is 3.76. The molecule has 1 atom stereocenters. The van der Waals surface area contributed by atoms with Crippen LogP contribution in [0, 0.1) is 0 Å². The minimum absolute atomic E-state index is 0.364. The Hall–Kier alpha value is -1.70. The minimum Gasteiger partial charge on any atom is -0.465 e. The van der Waals surface area contributed by atoms with Gasteiger partial charge in [-0.3, -0.25) is 0 Å². The average Bonchev–Trinajstić information content (AvgIpc) is 3.24. The molecule has 126 valence electrons. The number of hydrogen-bond donors (Lipinski definition) is 1. The topological polar surface area (TPSA) is 55.6 Å². The van der Waals surface area contributed by atoms with Gasteiger partial charge in [-0.1, -0.05) is 13.0 Å². The summed E-state index contributed by atoms with van der Waals surface area (Å²) in [6, 6.07) is 5.96. The number of methoxy groups -OCH3 is 1. The summed E-state index contributed by atoms with van der Waals surface area (Å²) in [7, 11) is 1.38. The van der Waals surface area contributed by atoms with E-state index < -0.39 is 0 Å². The number of carbonyl (C=O) groups is 1. The molecule has 3 aromatic heterocycles. The van der Waals surface area contributed by atoms with Crippen LogP contribution in [0.5, 0.6) is 0 Å². The van der Waals surface area contributed by atoms with Crippen molar-refractivity contribution in [2.24, 2.45) is 0 Å². The number of aromatic nitrogens is 2. The number of imidazole rings is 1. The molecule has 3 heterocycles. The highest BCUT2D eigenvalue weighted by Gasteiger charge is 2.13. The molecule has 0 amide bonds. The van der Waals surface area contributed by atoms with Crippen LogP contribution in [0.3, 0.4) is 0 Å². The quantitative estimate of drug-likeness (QED) is 0.630. The first kappa shape index (κ1) is 17.1. The van der Waals surface area contributed by atoms with E-state index in [9.17, 15) is 4.79 Å². The van der Waals surface area contributed by atoms with Crippen molar-refractivity contribution in [1.29, 1.82) is 0 Å². The van der Waals surface area contributed by atoms with Crippen molar-refractivity contribution in [3.8, 4) is 0 Å². The number of nitrogens with one attached hydrogen (secondary N) is 1. The average molecular weight is 408 g/mol. The van der Waals surface area contributed by atoms with E-state index in [1.165, 1.54) is 12.0 Å². The molecular formula is C17H18BrN3O2S. The van der Waals surface area contributed by atoms with E-state index in [0.29, 0.717) is 18.0 Å². The van der Waals surface area contributed by atoms with Gasteiger partial charge < -0.3 is 14.5 Å². The standard InChI is InChI=1S/C17H18BrN3O2S/c1-11(15-4-3-5-24-15)7-19-8-13-9-20-16-14(18)6-12(10-21(13)16)17(22)23-2/h3-6,9-11,19H,7-8H2,1-2H3. The zero-order valence-corrected chi connectivity index (χ0v) is 15.9. The van der Waals surface area contributed by atoms with Crippen LogP contribution in [-0.2, 0) is 11.3 Å². The first-order chi connectivity index (χ1) is 11.6. The van der Waals surface area contributed by atoms with E-state index in [-0.39, 0.29) is 5.97 Å². The first-order valence-electron chi connectivity index (χ1n) is 7.58. The van der Waals surface area contributed by atoms with E-state index in [1.807, 2.05) is 10.6 Å². The molecule has 0 saturated heterocycles. The fourth-order valence-electron chi connectivity index (χ4n) is 2.54. The van der Waals surface area contributed by atoms with Gasteiger partial charge in [0.2, 0.25) is 0 Å². The molecule has 1 N–H and O–H groups in total. The summed E-state index contributed by atoms with van der Waals surface area (Å²) in [5.41, 5.74) is 2.27. The van der Waals surface area contributed by atoms with Crippen LogP contribution in [-0.4, -0.2) is 29.0 Å². The Kier molecular flexibility index (Phi) is 5.33. The fourth-order valence-corrected chi connectivity index (χ4v) is 3.87. The molecule has 0 aliphatic heterocycles. The highest BCUT2D eigenvalue weighted by atomic mass is 79.9. The smallest absolute Gasteiger partial charge is 0.339 e. The fraction of sp³-hybridized carbons (Fsp3) is 0.294. The number of esters is 1. The van der Waals surface area contributed by atoms with Crippen molar-refractivity contribution < 1.29 is 9.53 Å². The van der Waals surface area contributed by atoms with Crippen LogP contribution >= 0.6 is 27.3 Å². The molecule has 0 bridgehead atoms. The van der Waals surface area contributed by atoms with E-state index in [0.717, 1.165) is 22.4 Å². The number of carbonyl (C=O) groups excluding carboxylic acids is 1. The van der Waals surface area contributed by atoms with Gasteiger partial charge in [0.05, 0.1) is 29.0 Å². The Bertz CT molecular complexity index is 845. The van der Waals surface area contributed by atoms with Gasteiger partial charge in [-0.2, -0.15) is 0 Å². The molecule has 1 unspecified atom stereocenters. The SMILES string of the molecule is COC(=O)c1cc(Br)c2ncc(CNCC(C)c3cccs3)n2c1. The third kappa shape index (κ3) is 3.53. The molecule has 24 heavy (non-hydrogen) atoms. The zero-order chi connectivity index (χ0) is 17.1. The number of thiophene rings is 1. The Morgan fingerprint density at radius 2 is 2.38 bits per heavy atom. The monoisotopic (exact) mass is 407 g/mol. The first-order valence-corrected chi connectivity index (χ1v) is 9.25. The summed E-state index contributed by atoms with van der Waals surface area (Å²) in [4.78, 5) is 17.6. The normalized spacial score (nSPS) is 12.5. The summed E-state index contributed by atoms with van der Waals surface area (Å²) in [6.07, 6.45) is 3.59. The summed E-state index contributed by atoms with van der Waals surface area (Å²) in [5, 5.41) is 5.56. The largest absolute Gasteiger partial charge is 0.465 e. The predicted octanol–water partition coefficient (Wildman–Crippen LogP) is 3.84. The Morgan fingerprint density at radius 1 is 1.54 bits per heavy atom. The molecule has 3 aromatic rings. The minimum atomic E-state index is -0.364. The highest BCUT2D eigenvalue weighted by molar-refractivity contribution is 9.10. The second-order valence-electron chi connectivity index (χ2n) is 5.56. The van der Waals surface area contributed by atoms with Crippen molar-refractivity contribution in [1.82, 2.24) is 14.7 Å². The maximum Gasteiger partial charge on any atom is 0.339 e. The second kappa shape index (κ2) is 7.46. The van der Waals surface area contributed by atoms with Gasteiger partial charge in [0.15, 0.2) is 5.65 Å². The van der Waals surface area contributed by atoms with Gasteiger partial charge in [0.25, 0.3) is 0 Å². The van der Waals surface area contributed by atoms with Crippen molar-refractivity contribution in [2.75, 3.05) is 13.7 Å². The van der Waals surface area contributed by atoms with Crippen LogP contribution in [0.1, 0.15) is 33.8 Å². The molecule has 0 aliphatic carbocycles. The molecule has 0 fully saturated rings. The molecule has 0 aliphatic rings. The number of fused-ring (bicyclic) bond motifs is 1. The van der Waals surface area contributed by atoms with Crippen LogP contribution in [0.25, 0.3) is 5.65 Å². The second-order valence-corrected chi connectivity index (χ2v) is 7.39. The molecule has 7 heteroatoms. The number of hydrogen-bond acceptors (Lipinski definition) is 5. The van der Waals surface area contributed by atoms with Gasteiger partial charge in [0, 0.05) is 30.1 Å². The van der Waals surface area contributed by atoms with Gasteiger partial charge in [-0.05, 0) is 33.4 Å². The molecule has 0 aromatic carbocycles. The lowest BCUT2D eigenvalue weighted by molar-refractivity contribution is 0.0600. The maximum atomic E-state index is 11.8. The Labute approximate surface area is 152 Å². The molecular weight excluding hydrogens is 390 g/mol. The number of halogens is 1. The predicted molar refractivity (Wildman–Crippen MR) is 98.7 cm³/mol. The van der Waals surface area contributed by atoms with Crippen molar-refractivity contribution in [3.63, 3.8) is 0 Å².